The molecule has 0 bridgehead atoms. The first-order valence-corrected chi connectivity index (χ1v) is 4.23. The largest absolute Gasteiger partial charge is 0.257 e. The summed E-state index contributed by atoms with van der Waals surface area (Å²) in [4.78, 5) is 0. The molecule has 0 unspecified atom stereocenters. The van der Waals surface area contributed by atoms with Gasteiger partial charge in [-0.25, -0.2) is 0 Å². The van der Waals surface area contributed by atoms with Gasteiger partial charge in [-0.15, -0.1) is 0 Å². The van der Waals surface area contributed by atoms with Gasteiger partial charge in [0.1, 0.15) is 0 Å². The van der Waals surface area contributed by atoms with Gasteiger partial charge in [-0.2, -0.15) is 0 Å². The predicted octanol–water partition coefficient (Wildman–Crippen LogP) is 1.00. The monoisotopic (exact) mass is 139 g/mol. The van der Waals surface area contributed by atoms with Gasteiger partial charge in [0.25, 0.3) is 0 Å². The molecule has 2 N–H and O–H groups in total. The number of hydrogen-bond acceptors (Lipinski definition) is 2. The first-order valence-electron chi connectivity index (χ1n) is 4.23. The molecule has 1 aliphatic heterocycles. The Morgan fingerprint density at radius 2 is 1.90 bits per heavy atom. The highest BCUT2D eigenvalue weighted by molar-refractivity contribution is 4.97. The molecule has 1 aliphatic carbocycles. The number of hydrazine groups is 1. The Bertz CT molecular complexity index is 108. The normalized spacial score (nSPS) is 31.2. The molecule has 2 fully saturated rings. The number of hydrogen-bond donors (Lipinski definition) is 2. The van der Waals surface area contributed by atoms with Gasteiger partial charge in [0.2, 0.25) is 0 Å². The molecule has 1 heterocycles. The zero-order valence-electron chi connectivity index (χ0n) is 6.32. The van der Waals surface area contributed by atoms with E-state index in [1.807, 2.05) is 0 Å². The molecule has 2 aliphatic rings. The molecule has 1 spiro atoms. The molecule has 2 rings (SSSR count). The Morgan fingerprint density at radius 1 is 1.10 bits per heavy atom. The first kappa shape index (κ1) is 6.62. The Kier molecular flexibility index (Phi) is 1.66. The van der Waals surface area contributed by atoms with Crippen molar-refractivity contribution in [3.8, 4) is 0 Å². The Hall–Kier alpha value is -0.0800. The summed E-state index contributed by atoms with van der Waals surface area (Å²) in [6.45, 7) is 1.15. The fourth-order valence-electron chi connectivity index (χ4n) is 2.02. The van der Waals surface area contributed by atoms with Crippen LogP contribution in [0.5, 0.6) is 0 Å². The fourth-order valence-corrected chi connectivity index (χ4v) is 2.02. The van der Waals surface area contributed by atoms with Gasteiger partial charge in [0.15, 0.2) is 0 Å². The van der Waals surface area contributed by atoms with E-state index in [1.54, 1.807) is 0 Å². The van der Waals surface area contributed by atoms with E-state index in [1.165, 1.54) is 32.1 Å². The minimum atomic E-state index is 0.481. The molecular weight excluding hydrogens is 124 g/mol. The van der Waals surface area contributed by atoms with Crippen LogP contribution in [0.4, 0.5) is 0 Å². The summed E-state index contributed by atoms with van der Waals surface area (Å²) in [6, 6.07) is 0. The Morgan fingerprint density at radius 3 is 2.50 bits per heavy atom. The minimum absolute atomic E-state index is 0.481. The lowest BCUT2D eigenvalue weighted by Gasteiger charge is -2.32. The van der Waals surface area contributed by atoms with E-state index in [-0.39, 0.29) is 0 Å². The van der Waals surface area contributed by atoms with Crippen molar-refractivity contribution in [2.75, 3.05) is 6.54 Å². The fraction of sp³-hybridized carbons (Fsp3) is 0.875. The van der Waals surface area contributed by atoms with Crippen LogP contribution < -0.4 is 10.9 Å². The van der Waals surface area contributed by atoms with Gasteiger partial charge >= 0.3 is 0 Å². The molecule has 0 aromatic rings. The molecule has 0 atom stereocenters. The van der Waals surface area contributed by atoms with Crippen molar-refractivity contribution in [2.45, 2.75) is 37.6 Å². The van der Waals surface area contributed by atoms with Crippen molar-refractivity contribution >= 4 is 0 Å². The SMILES string of the molecule is [CH]1CCC2(CC1)CCNN2. The molecule has 1 saturated carbocycles. The number of rotatable bonds is 0. The third-order valence-electron chi connectivity index (χ3n) is 2.74. The molecule has 57 valence electrons. The van der Waals surface area contributed by atoms with E-state index in [9.17, 15) is 0 Å². The van der Waals surface area contributed by atoms with Gasteiger partial charge in [-0.3, -0.25) is 10.9 Å². The van der Waals surface area contributed by atoms with Gasteiger partial charge in [-0.05, 0) is 38.5 Å². The van der Waals surface area contributed by atoms with Crippen LogP contribution >= 0.6 is 0 Å². The lowest BCUT2D eigenvalue weighted by Crippen LogP contribution is -2.45. The van der Waals surface area contributed by atoms with E-state index in [4.69, 9.17) is 0 Å². The van der Waals surface area contributed by atoms with E-state index >= 15 is 0 Å². The lowest BCUT2D eigenvalue weighted by molar-refractivity contribution is 0.280. The van der Waals surface area contributed by atoms with Crippen molar-refractivity contribution in [1.29, 1.82) is 0 Å². The standard InChI is InChI=1S/C8H15N2/c1-2-4-8(5-3-1)6-7-9-10-8/h1,9-10H,2-7H2. The average Bonchev–Trinajstić information content (AvgIpc) is 2.39. The van der Waals surface area contributed by atoms with Crippen LogP contribution in [0.15, 0.2) is 0 Å². The van der Waals surface area contributed by atoms with E-state index in [2.05, 4.69) is 17.3 Å². The highest BCUT2D eigenvalue weighted by Crippen LogP contribution is 2.31. The average molecular weight is 139 g/mol. The second kappa shape index (κ2) is 2.51. The summed E-state index contributed by atoms with van der Waals surface area (Å²) in [5.41, 5.74) is 7.10. The van der Waals surface area contributed by atoms with Crippen LogP contribution in [-0.2, 0) is 0 Å². The first-order chi connectivity index (χ1) is 4.91. The second-order valence-corrected chi connectivity index (χ2v) is 3.45. The van der Waals surface area contributed by atoms with Gasteiger partial charge in [-0.1, -0.05) is 0 Å². The van der Waals surface area contributed by atoms with Crippen LogP contribution in [-0.4, -0.2) is 12.1 Å². The van der Waals surface area contributed by atoms with Crippen LogP contribution in [0.1, 0.15) is 32.1 Å². The molecule has 1 saturated heterocycles. The second-order valence-electron chi connectivity index (χ2n) is 3.45. The summed E-state index contributed by atoms with van der Waals surface area (Å²) in [6.07, 6.45) is 9.00. The Labute approximate surface area is 62.4 Å². The molecule has 0 aromatic heterocycles. The molecular formula is C8H15N2. The van der Waals surface area contributed by atoms with Crippen molar-refractivity contribution < 1.29 is 0 Å². The maximum Gasteiger partial charge on any atom is 0.0336 e. The summed E-state index contributed by atoms with van der Waals surface area (Å²) < 4.78 is 0. The van der Waals surface area contributed by atoms with Crippen LogP contribution in [0.2, 0.25) is 0 Å². The molecule has 1 radical (unpaired) electrons. The van der Waals surface area contributed by atoms with Gasteiger partial charge in [0, 0.05) is 12.1 Å². The predicted molar refractivity (Wildman–Crippen MR) is 41.3 cm³/mol. The molecule has 2 heteroatoms. The minimum Gasteiger partial charge on any atom is -0.257 e. The third kappa shape index (κ3) is 1.06. The topological polar surface area (TPSA) is 24.1 Å². The third-order valence-corrected chi connectivity index (χ3v) is 2.74. The highest BCUT2D eigenvalue weighted by Gasteiger charge is 2.34. The summed E-state index contributed by atoms with van der Waals surface area (Å²) in [7, 11) is 0. The summed E-state index contributed by atoms with van der Waals surface area (Å²) in [5, 5.41) is 0. The van der Waals surface area contributed by atoms with Crippen molar-refractivity contribution in [2.24, 2.45) is 0 Å². The number of nitrogens with one attached hydrogen (secondary N) is 2. The van der Waals surface area contributed by atoms with Crippen molar-refractivity contribution in [3.05, 3.63) is 6.42 Å². The van der Waals surface area contributed by atoms with Crippen LogP contribution in [0.3, 0.4) is 0 Å². The van der Waals surface area contributed by atoms with E-state index in [0.717, 1.165) is 6.54 Å². The molecule has 0 aromatic carbocycles. The quantitative estimate of drug-likeness (QED) is 0.523. The van der Waals surface area contributed by atoms with E-state index in [0.29, 0.717) is 5.54 Å². The van der Waals surface area contributed by atoms with E-state index < -0.39 is 0 Å². The summed E-state index contributed by atoms with van der Waals surface area (Å²) >= 11 is 0. The molecule has 10 heavy (non-hydrogen) atoms. The van der Waals surface area contributed by atoms with Crippen LogP contribution in [0.25, 0.3) is 0 Å². The highest BCUT2D eigenvalue weighted by atomic mass is 15.4. The lowest BCUT2D eigenvalue weighted by atomic mass is 9.81. The zero-order valence-corrected chi connectivity index (χ0v) is 6.32. The maximum atomic E-state index is 3.40. The molecule has 0 amide bonds. The van der Waals surface area contributed by atoms with Gasteiger partial charge < -0.3 is 0 Å². The zero-order chi connectivity index (χ0) is 6.86. The maximum absolute atomic E-state index is 3.40. The van der Waals surface area contributed by atoms with Crippen LogP contribution in [0, 0.1) is 6.42 Å². The molecule has 2 nitrogen and oxygen atoms in total. The Balaban J connectivity index is 1.98. The summed E-state index contributed by atoms with van der Waals surface area (Å²) in [5.74, 6) is 0. The smallest absolute Gasteiger partial charge is 0.0336 e. The van der Waals surface area contributed by atoms with Crippen molar-refractivity contribution in [1.82, 2.24) is 10.9 Å². The van der Waals surface area contributed by atoms with Crippen molar-refractivity contribution in [3.63, 3.8) is 0 Å². The van der Waals surface area contributed by atoms with Gasteiger partial charge in [0.05, 0.1) is 0 Å².